The van der Waals surface area contributed by atoms with Crippen LogP contribution in [-0.4, -0.2) is 42.5 Å². The zero-order chi connectivity index (χ0) is 21.2. The van der Waals surface area contributed by atoms with Crippen molar-refractivity contribution in [2.24, 2.45) is 0 Å². The van der Waals surface area contributed by atoms with Gasteiger partial charge in [-0.05, 0) is 0 Å². The van der Waals surface area contributed by atoms with Gasteiger partial charge in [-0.3, -0.25) is 0 Å². The van der Waals surface area contributed by atoms with Crippen LogP contribution in [0.25, 0.3) is 0 Å². The molecule has 1 rings (SSSR count). The van der Waals surface area contributed by atoms with Crippen molar-refractivity contribution in [1.29, 1.82) is 0 Å². The van der Waals surface area contributed by atoms with Crippen LogP contribution in [0.1, 0.15) is 6.42 Å². The van der Waals surface area contributed by atoms with Crippen molar-refractivity contribution in [3.05, 3.63) is 0 Å². The van der Waals surface area contributed by atoms with Crippen molar-refractivity contribution in [1.82, 2.24) is 0 Å². The molecule has 1 aliphatic rings. The van der Waals surface area contributed by atoms with Crippen molar-refractivity contribution in [2.75, 3.05) is 6.61 Å². The Morgan fingerprint density at radius 2 is 0.923 bits per heavy atom. The van der Waals surface area contributed by atoms with Gasteiger partial charge in [-0.25, -0.2) is 0 Å². The quantitative estimate of drug-likeness (QED) is 0.203. The number of epoxide rings is 1. The van der Waals surface area contributed by atoms with Crippen molar-refractivity contribution < 1.29 is 4.74 Å². The zero-order valence-corrected chi connectivity index (χ0v) is 22.9. The highest BCUT2D eigenvalue weighted by molar-refractivity contribution is 6.82. The maximum atomic E-state index is 6.30. The number of halogens is 15. The van der Waals surface area contributed by atoms with Gasteiger partial charge < -0.3 is 4.74 Å². The molecular weight excluding hydrogens is 668 g/mol. The molecule has 0 aliphatic carbocycles. The van der Waals surface area contributed by atoms with Crippen molar-refractivity contribution in [2.45, 2.75) is 42.3 Å². The molecule has 0 saturated carbocycles. The first-order valence-corrected chi connectivity index (χ1v) is 11.7. The molecule has 26 heavy (non-hydrogen) atoms. The molecule has 1 aliphatic heterocycles. The van der Waals surface area contributed by atoms with Gasteiger partial charge in [-0.15, -0.1) is 11.6 Å². The molecule has 16 heteroatoms. The van der Waals surface area contributed by atoms with Crippen LogP contribution >= 0.6 is 174 Å². The van der Waals surface area contributed by atoms with Crippen molar-refractivity contribution in [3.8, 4) is 0 Å². The molecule has 156 valence electrons. The Morgan fingerprint density at radius 1 is 0.577 bits per heavy atom. The summed E-state index contributed by atoms with van der Waals surface area (Å²) in [4.78, 5) is -2.80. The lowest BCUT2D eigenvalue weighted by atomic mass is 9.97. The number of rotatable bonds is 6. The van der Waals surface area contributed by atoms with Gasteiger partial charge in [-0.1, -0.05) is 162 Å². The molecule has 1 unspecified atom stereocenters. The molecule has 1 nitrogen and oxygen atoms in total. The van der Waals surface area contributed by atoms with E-state index in [1.54, 1.807) is 0 Å². The normalized spacial score (nSPS) is 21.1. The van der Waals surface area contributed by atoms with Crippen LogP contribution in [0.3, 0.4) is 0 Å². The summed E-state index contributed by atoms with van der Waals surface area (Å²) in [6.07, 6.45) is -0.460. The highest BCUT2D eigenvalue weighted by atomic mass is 35.6. The number of alkyl halides is 15. The van der Waals surface area contributed by atoms with E-state index in [9.17, 15) is 0 Å². The highest BCUT2D eigenvalue weighted by Gasteiger charge is 2.81. The summed E-state index contributed by atoms with van der Waals surface area (Å²) in [5.74, 6) is 0. The van der Waals surface area contributed by atoms with Crippen LogP contribution in [-0.2, 0) is 4.74 Å². The van der Waals surface area contributed by atoms with Crippen LogP contribution in [0.2, 0.25) is 0 Å². The second kappa shape index (κ2) is 8.58. The first kappa shape index (κ1) is 28.3. The highest BCUT2D eigenvalue weighted by Crippen LogP contribution is 2.72. The molecule has 0 aromatic rings. The smallest absolute Gasteiger partial charge is 0.216 e. The first-order chi connectivity index (χ1) is 11.1. The molecule has 0 bridgehead atoms. The van der Waals surface area contributed by atoms with Gasteiger partial charge >= 0.3 is 0 Å². The van der Waals surface area contributed by atoms with Gasteiger partial charge in [0.15, 0.2) is 22.2 Å². The average molecular weight is 673 g/mol. The maximum Gasteiger partial charge on any atom is 0.216 e. The van der Waals surface area contributed by atoms with Crippen molar-refractivity contribution in [3.63, 3.8) is 0 Å². The fraction of sp³-hybridized carbons (Fsp3) is 1.00. The number of ether oxygens (including phenoxy) is 1. The summed E-state index contributed by atoms with van der Waals surface area (Å²) in [5, 5.41) is 0. The largest absolute Gasteiger partial charge is 0.373 e. The minimum absolute atomic E-state index is 0.106. The third kappa shape index (κ3) is 4.80. The van der Waals surface area contributed by atoms with E-state index in [1.807, 2.05) is 0 Å². The molecule has 0 N–H and O–H groups in total. The zero-order valence-electron chi connectivity index (χ0n) is 11.6. The molecule has 0 radical (unpaired) electrons. The fourth-order valence-corrected chi connectivity index (χ4v) is 7.62. The van der Waals surface area contributed by atoms with Crippen LogP contribution in [0.5, 0.6) is 0 Å². The average Bonchev–Trinajstić information content (AvgIpc) is 3.17. The lowest BCUT2D eigenvalue weighted by Gasteiger charge is -2.54. The SMILES string of the molecule is ClC(Cl)(Cl)C(Cl)(C(Cl)(Cl)Cl)C(Cl)(Cl)C(Cl)(Cl)C(Cl)(Cl)C(Cl)(Cl)CC1CO1. The minimum atomic E-state index is -2.86. The van der Waals surface area contributed by atoms with E-state index in [0.717, 1.165) is 0 Å². The van der Waals surface area contributed by atoms with Crippen LogP contribution < -0.4 is 0 Å². The Balaban J connectivity index is 3.54. The third-order valence-electron chi connectivity index (χ3n) is 3.35. The molecule has 1 fully saturated rings. The van der Waals surface area contributed by atoms with Crippen LogP contribution in [0, 0.1) is 0 Å². The van der Waals surface area contributed by atoms with E-state index in [4.69, 9.17) is 179 Å². The van der Waals surface area contributed by atoms with E-state index < -0.39 is 29.8 Å². The Bertz CT molecular complexity index is 512. The lowest BCUT2D eigenvalue weighted by molar-refractivity contribution is 0.365. The second-order valence-corrected chi connectivity index (χ2v) is 15.8. The molecule has 1 heterocycles. The molecule has 1 atom stereocenters. The van der Waals surface area contributed by atoms with Crippen LogP contribution in [0.15, 0.2) is 0 Å². The van der Waals surface area contributed by atoms with Gasteiger partial charge in [-0.2, -0.15) is 0 Å². The lowest BCUT2D eigenvalue weighted by Crippen LogP contribution is -2.71. The minimum Gasteiger partial charge on any atom is -0.373 e. The third-order valence-corrected chi connectivity index (χ3v) is 12.2. The van der Waals surface area contributed by atoms with Gasteiger partial charge in [0.2, 0.25) is 7.59 Å². The van der Waals surface area contributed by atoms with Crippen LogP contribution in [0.4, 0.5) is 0 Å². The van der Waals surface area contributed by atoms with E-state index in [0.29, 0.717) is 6.61 Å². The Hall–Kier alpha value is 4.31. The summed E-state index contributed by atoms with van der Waals surface area (Å²) in [6.45, 7) is 0.358. The van der Waals surface area contributed by atoms with Gasteiger partial charge in [0, 0.05) is 6.42 Å². The Morgan fingerprint density at radius 3 is 1.19 bits per heavy atom. The van der Waals surface area contributed by atoms with Crippen molar-refractivity contribution >= 4 is 174 Å². The van der Waals surface area contributed by atoms with Gasteiger partial charge in [0.05, 0.1) is 12.7 Å². The molecular formula is C10H5Cl15O. The van der Waals surface area contributed by atoms with E-state index in [1.165, 1.54) is 0 Å². The van der Waals surface area contributed by atoms with E-state index >= 15 is 0 Å². The standard InChI is InChI=1S/C10H5Cl15O/c11-4(12,1-3-2-26-3)6(14,15)8(18,19)7(16,17)5(13,9(20,21)22)10(23,24)25/h3H,1-2H2. The van der Waals surface area contributed by atoms with E-state index in [2.05, 4.69) is 0 Å². The maximum absolute atomic E-state index is 6.30. The van der Waals surface area contributed by atoms with Gasteiger partial charge in [0.1, 0.15) is 0 Å². The molecule has 0 aromatic carbocycles. The Kier molecular flexibility index (Phi) is 9.36. The fourth-order valence-electron chi connectivity index (χ4n) is 1.76. The second-order valence-electron chi connectivity index (χ2n) is 5.24. The predicted octanol–water partition coefficient (Wildman–Crippen LogP) is 9.19. The number of hydrogen-bond acceptors (Lipinski definition) is 1. The molecule has 1 saturated heterocycles. The summed E-state index contributed by atoms with van der Waals surface area (Å²) in [6, 6.07) is 0. The molecule has 0 aromatic heterocycles. The molecule has 0 amide bonds. The first-order valence-electron chi connectivity index (χ1n) is 6.03. The Labute approximate surface area is 225 Å². The summed E-state index contributed by atoms with van der Waals surface area (Å²) < 4.78 is -10.5. The van der Waals surface area contributed by atoms with E-state index in [-0.39, 0.29) is 12.5 Å². The summed E-state index contributed by atoms with van der Waals surface area (Å²) >= 11 is 91.6. The summed E-state index contributed by atoms with van der Waals surface area (Å²) in [5.41, 5.74) is 0. The number of hydrogen-bond donors (Lipinski definition) is 0. The molecule has 0 spiro atoms. The topological polar surface area (TPSA) is 12.5 Å². The predicted molar refractivity (Wildman–Crippen MR) is 121 cm³/mol. The van der Waals surface area contributed by atoms with Gasteiger partial charge in [0.25, 0.3) is 0 Å². The monoisotopic (exact) mass is 666 g/mol. The summed E-state index contributed by atoms with van der Waals surface area (Å²) in [7, 11) is 0.